The van der Waals surface area contributed by atoms with E-state index < -0.39 is 5.54 Å². The molecule has 0 aromatic heterocycles. The van der Waals surface area contributed by atoms with Crippen LogP contribution in [-0.2, 0) is 9.59 Å². The molecule has 4 amide bonds. The Bertz CT molecular complexity index is 934. The van der Waals surface area contributed by atoms with Crippen LogP contribution < -0.4 is 10.6 Å². The number of urea groups is 1. The molecule has 1 aliphatic carbocycles. The number of carbonyl (C=O) groups is 3. The lowest BCUT2D eigenvalue weighted by Gasteiger charge is -2.20. The Morgan fingerprint density at radius 3 is 2.33 bits per heavy atom. The zero-order chi connectivity index (χ0) is 21.1. The second-order valence-electron chi connectivity index (χ2n) is 8.20. The minimum absolute atomic E-state index is 0.0989. The van der Waals surface area contributed by atoms with E-state index in [0.29, 0.717) is 12.8 Å². The van der Waals surface area contributed by atoms with Crippen molar-refractivity contribution >= 4 is 17.8 Å². The van der Waals surface area contributed by atoms with Gasteiger partial charge in [0.05, 0.1) is 6.04 Å². The molecule has 0 unspecified atom stereocenters. The fraction of sp³-hybridized carbons (Fsp3) is 0.375. The Morgan fingerprint density at radius 1 is 1.03 bits per heavy atom. The topological polar surface area (TPSA) is 78.5 Å². The van der Waals surface area contributed by atoms with E-state index in [1.54, 1.807) is 0 Å². The zero-order valence-corrected chi connectivity index (χ0v) is 17.2. The van der Waals surface area contributed by atoms with Gasteiger partial charge < -0.3 is 10.6 Å². The lowest BCUT2D eigenvalue weighted by Crippen LogP contribution is -2.44. The Balaban J connectivity index is 1.31. The first-order valence-electron chi connectivity index (χ1n) is 10.6. The molecule has 1 saturated carbocycles. The van der Waals surface area contributed by atoms with Crippen LogP contribution in [0.4, 0.5) is 4.79 Å². The van der Waals surface area contributed by atoms with Crippen molar-refractivity contribution in [1.82, 2.24) is 15.5 Å². The molecule has 0 bridgehead atoms. The molecule has 1 heterocycles. The standard InChI is InChI=1S/C24H27N3O3/c1-17(18-9-11-20(12-10-18)19-7-3-2-4-8-19)25-21(28)13-16-27-22(29)24(26-23(27)30)14-5-6-15-24/h2-4,7-12,17H,5-6,13-16H2,1H3,(H,25,28)(H,26,30)/t17-/m1/s1. The molecule has 2 fully saturated rings. The fourth-order valence-electron chi connectivity index (χ4n) is 4.40. The van der Waals surface area contributed by atoms with E-state index in [0.717, 1.165) is 29.5 Å². The zero-order valence-electron chi connectivity index (χ0n) is 17.2. The predicted octanol–water partition coefficient (Wildman–Crippen LogP) is 3.79. The first kappa shape index (κ1) is 20.1. The highest BCUT2D eigenvalue weighted by atomic mass is 16.2. The van der Waals surface area contributed by atoms with Gasteiger partial charge in [0.25, 0.3) is 5.91 Å². The van der Waals surface area contributed by atoms with E-state index in [1.807, 2.05) is 49.4 Å². The summed E-state index contributed by atoms with van der Waals surface area (Å²) < 4.78 is 0. The third kappa shape index (κ3) is 3.95. The monoisotopic (exact) mass is 405 g/mol. The van der Waals surface area contributed by atoms with Crippen LogP contribution in [0, 0.1) is 0 Å². The Hall–Kier alpha value is -3.15. The summed E-state index contributed by atoms with van der Waals surface area (Å²) in [5.74, 6) is -0.357. The molecule has 2 aromatic rings. The van der Waals surface area contributed by atoms with Crippen molar-refractivity contribution in [3.8, 4) is 11.1 Å². The molecule has 2 aromatic carbocycles. The third-order valence-electron chi connectivity index (χ3n) is 6.16. The quantitative estimate of drug-likeness (QED) is 0.718. The summed E-state index contributed by atoms with van der Waals surface area (Å²) in [6.45, 7) is 2.04. The summed E-state index contributed by atoms with van der Waals surface area (Å²) in [6, 6.07) is 17.7. The van der Waals surface area contributed by atoms with Crippen LogP contribution in [0.5, 0.6) is 0 Å². The summed E-state index contributed by atoms with van der Waals surface area (Å²) in [6.07, 6.45) is 3.37. The Labute approximate surface area is 176 Å². The van der Waals surface area contributed by atoms with Crippen LogP contribution in [0.3, 0.4) is 0 Å². The largest absolute Gasteiger partial charge is 0.350 e. The summed E-state index contributed by atoms with van der Waals surface area (Å²) in [5.41, 5.74) is 2.55. The van der Waals surface area contributed by atoms with Gasteiger partial charge in [-0.2, -0.15) is 0 Å². The van der Waals surface area contributed by atoms with Crippen molar-refractivity contribution < 1.29 is 14.4 Å². The molecule has 30 heavy (non-hydrogen) atoms. The van der Waals surface area contributed by atoms with Gasteiger partial charge >= 0.3 is 6.03 Å². The second-order valence-corrected chi connectivity index (χ2v) is 8.20. The van der Waals surface area contributed by atoms with Crippen LogP contribution in [0.2, 0.25) is 0 Å². The van der Waals surface area contributed by atoms with Gasteiger partial charge in [-0.05, 0) is 36.5 Å². The van der Waals surface area contributed by atoms with Gasteiger partial charge in [0.1, 0.15) is 5.54 Å². The highest BCUT2D eigenvalue weighted by Gasteiger charge is 2.52. The van der Waals surface area contributed by atoms with Gasteiger partial charge in [-0.25, -0.2) is 4.79 Å². The molecule has 2 aliphatic rings. The Kier molecular flexibility index (Phi) is 5.57. The molecule has 1 saturated heterocycles. The molecule has 0 radical (unpaired) electrons. The summed E-state index contributed by atoms with van der Waals surface area (Å²) >= 11 is 0. The van der Waals surface area contributed by atoms with E-state index in [1.165, 1.54) is 4.90 Å². The summed E-state index contributed by atoms with van der Waals surface area (Å²) in [7, 11) is 0. The number of amides is 4. The van der Waals surface area contributed by atoms with Crippen LogP contribution in [-0.4, -0.2) is 34.8 Å². The number of rotatable bonds is 6. The molecule has 6 heteroatoms. The smallest absolute Gasteiger partial charge is 0.325 e. The first-order valence-corrected chi connectivity index (χ1v) is 10.6. The minimum Gasteiger partial charge on any atom is -0.350 e. The van der Waals surface area contributed by atoms with Crippen molar-refractivity contribution in [3.63, 3.8) is 0 Å². The number of nitrogens with one attached hydrogen (secondary N) is 2. The van der Waals surface area contributed by atoms with Crippen LogP contribution in [0.15, 0.2) is 54.6 Å². The number of nitrogens with zero attached hydrogens (tertiary/aromatic N) is 1. The van der Waals surface area contributed by atoms with Crippen molar-refractivity contribution in [2.45, 2.75) is 50.6 Å². The van der Waals surface area contributed by atoms with E-state index in [4.69, 9.17) is 0 Å². The van der Waals surface area contributed by atoms with Crippen LogP contribution in [0.1, 0.15) is 50.6 Å². The number of hydrogen-bond donors (Lipinski definition) is 2. The maximum atomic E-state index is 12.7. The molecular weight excluding hydrogens is 378 g/mol. The second kappa shape index (κ2) is 8.30. The van der Waals surface area contributed by atoms with Gasteiger partial charge in [-0.15, -0.1) is 0 Å². The van der Waals surface area contributed by atoms with E-state index in [2.05, 4.69) is 22.8 Å². The van der Waals surface area contributed by atoms with Gasteiger partial charge in [0.15, 0.2) is 0 Å². The van der Waals surface area contributed by atoms with Gasteiger partial charge in [0, 0.05) is 13.0 Å². The molecule has 6 nitrogen and oxygen atoms in total. The molecule has 1 aliphatic heterocycles. The van der Waals surface area contributed by atoms with E-state index in [-0.39, 0.29) is 36.9 Å². The fourth-order valence-corrected chi connectivity index (χ4v) is 4.40. The van der Waals surface area contributed by atoms with Crippen molar-refractivity contribution in [2.24, 2.45) is 0 Å². The maximum absolute atomic E-state index is 12.7. The molecule has 4 rings (SSSR count). The SMILES string of the molecule is C[C@@H](NC(=O)CCN1C(=O)NC2(CCCC2)C1=O)c1ccc(-c2ccccc2)cc1. The number of benzene rings is 2. The number of hydrogen-bond acceptors (Lipinski definition) is 3. The van der Waals surface area contributed by atoms with E-state index in [9.17, 15) is 14.4 Å². The number of carbonyl (C=O) groups excluding carboxylic acids is 3. The van der Waals surface area contributed by atoms with Gasteiger partial charge in [-0.1, -0.05) is 67.4 Å². The predicted molar refractivity (Wildman–Crippen MR) is 114 cm³/mol. The summed E-state index contributed by atoms with van der Waals surface area (Å²) in [5, 5.41) is 5.81. The maximum Gasteiger partial charge on any atom is 0.325 e. The van der Waals surface area contributed by atoms with Gasteiger partial charge in [0.2, 0.25) is 5.91 Å². The molecule has 156 valence electrons. The lowest BCUT2D eigenvalue weighted by atomic mass is 9.98. The van der Waals surface area contributed by atoms with E-state index >= 15 is 0 Å². The number of imide groups is 1. The average Bonchev–Trinajstić information content (AvgIpc) is 3.32. The van der Waals surface area contributed by atoms with Crippen molar-refractivity contribution in [3.05, 3.63) is 60.2 Å². The molecule has 2 N–H and O–H groups in total. The Morgan fingerprint density at radius 2 is 1.67 bits per heavy atom. The average molecular weight is 405 g/mol. The van der Waals surface area contributed by atoms with Crippen LogP contribution >= 0.6 is 0 Å². The first-order chi connectivity index (χ1) is 14.5. The molecular formula is C24H27N3O3. The van der Waals surface area contributed by atoms with Crippen molar-refractivity contribution in [1.29, 1.82) is 0 Å². The van der Waals surface area contributed by atoms with Crippen LogP contribution in [0.25, 0.3) is 11.1 Å². The minimum atomic E-state index is -0.721. The summed E-state index contributed by atoms with van der Waals surface area (Å²) in [4.78, 5) is 38.5. The van der Waals surface area contributed by atoms with Gasteiger partial charge in [-0.3, -0.25) is 14.5 Å². The highest BCUT2D eigenvalue weighted by Crippen LogP contribution is 2.35. The third-order valence-corrected chi connectivity index (χ3v) is 6.16. The normalized spacial score (nSPS) is 18.5. The molecule has 1 atom stereocenters. The lowest BCUT2D eigenvalue weighted by molar-refractivity contribution is -0.131. The van der Waals surface area contributed by atoms with Crippen molar-refractivity contribution in [2.75, 3.05) is 6.54 Å². The highest BCUT2D eigenvalue weighted by molar-refractivity contribution is 6.07. The molecule has 1 spiro atoms.